The monoisotopic (exact) mass is 408 g/mol. The van der Waals surface area contributed by atoms with Gasteiger partial charge in [-0.1, -0.05) is 42.5 Å². The number of anilines is 2. The SMILES string of the molecule is COc1ccc(NC(=O)C23CC2CN(c2ccccc2)S3(=O)=O)c2ccccc12. The smallest absolute Gasteiger partial charge is 0.250 e. The number of rotatable bonds is 4. The number of para-hydroxylation sites is 1. The van der Waals surface area contributed by atoms with Gasteiger partial charge in [0.05, 0.1) is 12.8 Å². The van der Waals surface area contributed by atoms with Gasteiger partial charge in [-0.15, -0.1) is 0 Å². The van der Waals surface area contributed by atoms with E-state index in [-0.39, 0.29) is 5.92 Å². The number of amides is 1. The van der Waals surface area contributed by atoms with Gasteiger partial charge in [0.15, 0.2) is 4.75 Å². The Balaban J connectivity index is 1.49. The molecule has 0 radical (unpaired) electrons. The van der Waals surface area contributed by atoms with Gasteiger partial charge in [-0.05, 0) is 30.7 Å². The molecule has 1 saturated carbocycles. The van der Waals surface area contributed by atoms with Crippen LogP contribution < -0.4 is 14.4 Å². The lowest BCUT2D eigenvalue weighted by molar-refractivity contribution is -0.116. The minimum absolute atomic E-state index is 0.197. The Morgan fingerprint density at radius 3 is 2.45 bits per heavy atom. The number of nitrogens with zero attached hydrogens (tertiary/aromatic N) is 1. The van der Waals surface area contributed by atoms with Crippen LogP contribution >= 0.6 is 0 Å². The molecule has 2 aliphatic rings. The molecule has 1 amide bonds. The molecule has 2 atom stereocenters. The third-order valence-corrected chi connectivity index (χ3v) is 8.51. The molecule has 1 heterocycles. The standard InChI is InChI=1S/C22H20N2O4S/c1-28-20-12-11-19(17-9-5-6-10-18(17)20)23-21(25)22-13-15(22)14-24(29(22,26)27)16-7-3-2-4-8-16/h2-12,15H,13-14H2,1H3,(H,23,25). The number of methoxy groups -OCH3 is 1. The maximum absolute atomic E-state index is 13.3. The predicted octanol–water partition coefficient (Wildman–Crippen LogP) is 3.40. The van der Waals surface area contributed by atoms with Crippen LogP contribution in [0.1, 0.15) is 6.42 Å². The largest absolute Gasteiger partial charge is 0.496 e. The van der Waals surface area contributed by atoms with Crippen molar-refractivity contribution in [3.63, 3.8) is 0 Å². The van der Waals surface area contributed by atoms with Crippen molar-refractivity contribution >= 4 is 38.1 Å². The molecule has 5 rings (SSSR count). The van der Waals surface area contributed by atoms with Crippen LogP contribution in [0.15, 0.2) is 66.7 Å². The van der Waals surface area contributed by atoms with Gasteiger partial charge in [-0.25, -0.2) is 8.42 Å². The first-order valence-corrected chi connectivity index (χ1v) is 10.9. The van der Waals surface area contributed by atoms with Crippen LogP contribution in [0.4, 0.5) is 11.4 Å². The number of hydrogen-bond acceptors (Lipinski definition) is 4. The molecule has 7 heteroatoms. The van der Waals surface area contributed by atoms with Gasteiger partial charge < -0.3 is 10.1 Å². The second-order valence-electron chi connectivity index (χ2n) is 7.48. The fraction of sp³-hybridized carbons (Fsp3) is 0.227. The second kappa shape index (κ2) is 6.22. The summed E-state index contributed by atoms with van der Waals surface area (Å²) in [5.74, 6) is 0.0401. The van der Waals surface area contributed by atoms with Gasteiger partial charge in [0.2, 0.25) is 15.9 Å². The van der Waals surface area contributed by atoms with E-state index < -0.39 is 20.7 Å². The Bertz CT molecular complexity index is 1230. The summed E-state index contributed by atoms with van der Waals surface area (Å²) in [6.07, 6.45) is 0.360. The number of carbonyl (C=O) groups is 1. The summed E-state index contributed by atoms with van der Waals surface area (Å²) < 4.78 is 32.0. The highest BCUT2D eigenvalue weighted by Crippen LogP contribution is 2.58. The molecule has 1 N–H and O–H groups in total. The summed E-state index contributed by atoms with van der Waals surface area (Å²) in [6, 6.07) is 20.0. The average molecular weight is 408 g/mol. The zero-order valence-corrected chi connectivity index (χ0v) is 16.6. The number of nitrogens with one attached hydrogen (secondary N) is 1. The highest BCUT2D eigenvalue weighted by atomic mass is 32.2. The van der Waals surface area contributed by atoms with Gasteiger partial charge >= 0.3 is 0 Å². The van der Waals surface area contributed by atoms with E-state index in [1.807, 2.05) is 30.3 Å². The van der Waals surface area contributed by atoms with E-state index in [2.05, 4.69) is 5.32 Å². The van der Waals surface area contributed by atoms with E-state index in [0.29, 0.717) is 30.1 Å². The van der Waals surface area contributed by atoms with Crippen LogP contribution in [-0.2, 0) is 14.8 Å². The van der Waals surface area contributed by atoms with Crippen molar-refractivity contribution in [2.24, 2.45) is 5.92 Å². The summed E-state index contributed by atoms with van der Waals surface area (Å²) in [7, 11) is -2.20. The highest BCUT2D eigenvalue weighted by molar-refractivity contribution is 7.95. The Kier molecular flexibility index (Phi) is 3.86. The number of sulfonamides is 1. The van der Waals surface area contributed by atoms with E-state index in [9.17, 15) is 13.2 Å². The molecule has 29 heavy (non-hydrogen) atoms. The molecule has 2 unspecified atom stereocenters. The molecule has 148 valence electrons. The van der Waals surface area contributed by atoms with Crippen LogP contribution in [-0.4, -0.2) is 32.7 Å². The topological polar surface area (TPSA) is 75.7 Å². The number of fused-ring (bicyclic) bond motifs is 2. The van der Waals surface area contributed by atoms with E-state index in [1.54, 1.807) is 43.5 Å². The highest BCUT2D eigenvalue weighted by Gasteiger charge is 2.75. The Hall–Kier alpha value is -3.06. The van der Waals surface area contributed by atoms with Gasteiger partial charge in [0.1, 0.15) is 5.75 Å². The first-order chi connectivity index (χ1) is 14.0. The maximum Gasteiger partial charge on any atom is 0.250 e. The molecule has 1 aliphatic carbocycles. The third-order valence-electron chi connectivity index (χ3n) is 5.97. The summed E-state index contributed by atoms with van der Waals surface area (Å²) >= 11 is 0. The molecule has 6 nitrogen and oxygen atoms in total. The number of ether oxygens (including phenoxy) is 1. The molecule has 3 aromatic rings. The molecule has 0 bridgehead atoms. The molecule has 1 aliphatic heterocycles. The van der Waals surface area contributed by atoms with Gasteiger partial charge in [-0.3, -0.25) is 9.10 Å². The lowest BCUT2D eigenvalue weighted by Crippen LogP contribution is -2.42. The third kappa shape index (κ3) is 2.47. The van der Waals surface area contributed by atoms with Gasteiger partial charge in [-0.2, -0.15) is 0 Å². The molecule has 0 spiro atoms. The van der Waals surface area contributed by atoms with E-state index >= 15 is 0 Å². The quantitative estimate of drug-likeness (QED) is 0.718. The van der Waals surface area contributed by atoms with Crippen molar-refractivity contribution in [2.45, 2.75) is 11.2 Å². The molecule has 0 aromatic heterocycles. The average Bonchev–Trinajstić information content (AvgIpc) is 3.44. The Labute approximate surface area is 169 Å². The lowest BCUT2D eigenvalue weighted by atomic mass is 10.1. The van der Waals surface area contributed by atoms with E-state index in [4.69, 9.17) is 4.74 Å². The zero-order valence-electron chi connectivity index (χ0n) is 15.8. The summed E-state index contributed by atoms with van der Waals surface area (Å²) in [5.41, 5.74) is 1.18. The number of carbonyl (C=O) groups excluding carboxylic acids is 1. The summed E-state index contributed by atoms with van der Waals surface area (Å²) in [6.45, 7) is 0.336. The minimum Gasteiger partial charge on any atom is -0.496 e. The normalized spacial score (nSPS) is 24.2. The Morgan fingerprint density at radius 2 is 1.72 bits per heavy atom. The van der Waals surface area contributed by atoms with Crippen molar-refractivity contribution in [2.75, 3.05) is 23.3 Å². The molecular formula is C22H20N2O4S. The predicted molar refractivity (Wildman–Crippen MR) is 113 cm³/mol. The fourth-order valence-corrected chi connectivity index (χ4v) is 6.71. The van der Waals surface area contributed by atoms with Crippen LogP contribution in [0, 0.1) is 5.92 Å². The van der Waals surface area contributed by atoms with Crippen molar-refractivity contribution in [1.82, 2.24) is 0 Å². The fourth-order valence-electron chi connectivity index (χ4n) is 4.35. The number of hydrogen-bond donors (Lipinski definition) is 1. The second-order valence-corrected chi connectivity index (χ2v) is 9.60. The van der Waals surface area contributed by atoms with Crippen molar-refractivity contribution in [3.05, 3.63) is 66.7 Å². The van der Waals surface area contributed by atoms with Crippen molar-refractivity contribution in [1.29, 1.82) is 0 Å². The van der Waals surface area contributed by atoms with Crippen molar-refractivity contribution < 1.29 is 17.9 Å². The van der Waals surface area contributed by atoms with Crippen molar-refractivity contribution in [3.8, 4) is 5.75 Å². The molecule has 3 aromatic carbocycles. The molecule has 1 saturated heterocycles. The van der Waals surface area contributed by atoms with E-state index in [1.165, 1.54) is 4.31 Å². The molecule has 2 fully saturated rings. The van der Waals surface area contributed by atoms with Crippen LogP contribution in [0.25, 0.3) is 10.8 Å². The van der Waals surface area contributed by atoms with Crippen LogP contribution in [0.3, 0.4) is 0 Å². The van der Waals surface area contributed by atoms with Gasteiger partial charge in [0.25, 0.3) is 0 Å². The number of benzene rings is 3. The minimum atomic E-state index is -3.80. The van der Waals surface area contributed by atoms with Crippen LogP contribution in [0.5, 0.6) is 5.75 Å². The molecular weight excluding hydrogens is 388 g/mol. The zero-order chi connectivity index (χ0) is 20.2. The lowest BCUT2D eigenvalue weighted by Gasteiger charge is -2.23. The summed E-state index contributed by atoms with van der Waals surface area (Å²) in [5, 5.41) is 4.56. The first-order valence-electron chi connectivity index (χ1n) is 9.43. The van der Waals surface area contributed by atoms with E-state index in [0.717, 1.165) is 10.8 Å². The first kappa shape index (κ1) is 18.0. The maximum atomic E-state index is 13.3. The van der Waals surface area contributed by atoms with Gasteiger partial charge in [0, 0.05) is 28.9 Å². The van der Waals surface area contributed by atoms with Crippen LogP contribution in [0.2, 0.25) is 0 Å². The summed E-state index contributed by atoms with van der Waals surface area (Å²) in [4.78, 5) is 13.2. The Morgan fingerprint density at radius 1 is 1.03 bits per heavy atom.